The molecule has 14 nitrogen and oxygen atoms in total. The topological polar surface area (TPSA) is 149 Å². The average Bonchev–Trinajstić information content (AvgIpc) is 3.52. The van der Waals surface area contributed by atoms with Gasteiger partial charge in [0.15, 0.2) is 11.5 Å². The molecule has 4 fully saturated rings. The number of piperazine rings is 1. The van der Waals surface area contributed by atoms with Crippen LogP contribution in [0.25, 0.3) is 0 Å². The van der Waals surface area contributed by atoms with E-state index in [1.807, 2.05) is 13.0 Å². The summed E-state index contributed by atoms with van der Waals surface area (Å²) in [6.07, 6.45) is 6.65. The maximum atomic E-state index is 14.0. The maximum absolute atomic E-state index is 14.0. The van der Waals surface area contributed by atoms with Crippen LogP contribution in [-0.2, 0) is 19.4 Å². The number of nitrogens with zero attached hydrogens (tertiary/aromatic N) is 5. The summed E-state index contributed by atoms with van der Waals surface area (Å²) in [5.41, 5.74) is 4.27. The second-order valence-corrected chi connectivity index (χ2v) is 19.7. The number of hydrogen-bond acceptors (Lipinski definition) is 12. The number of carbonyl (C=O) groups excluding carboxylic acids is 4. The van der Waals surface area contributed by atoms with Gasteiger partial charge in [-0.2, -0.15) is 0 Å². The lowest BCUT2D eigenvalue weighted by atomic mass is 9.86. The van der Waals surface area contributed by atoms with Crippen molar-refractivity contribution in [2.45, 2.75) is 69.4 Å². The monoisotopic (exact) mass is 868 g/mol. The highest BCUT2D eigenvalue weighted by atomic mass is 32.2. The first kappa shape index (κ1) is 43.8. The molecule has 62 heavy (non-hydrogen) atoms. The minimum absolute atomic E-state index is 0.179. The molecule has 5 aliphatic heterocycles. The normalized spacial score (nSPS) is 21.9. The number of anilines is 1. The van der Waals surface area contributed by atoms with E-state index in [0.717, 1.165) is 114 Å². The van der Waals surface area contributed by atoms with E-state index in [1.54, 1.807) is 30.3 Å². The van der Waals surface area contributed by atoms with Crippen LogP contribution < -0.4 is 19.7 Å². The van der Waals surface area contributed by atoms with Crippen LogP contribution in [0, 0.1) is 0 Å². The first-order valence-electron chi connectivity index (χ1n) is 22.3. The van der Waals surface area contributed by atoms with Crippen LogP contribution in [0.1, 0.15) is 101 Å². The third kappa shape index (κ3) is 9.70. The Hall–Kier alpha value is -4.83. The Labute approximate surface area is 365 Å². The van der Waals surface area contributed by atoms with E-state index in [-0.39, 0.29) is 23.3 Å². The highest BCUT2D eigenvalue weighted by molar-refractivity contribution is 7.90. The molecule has 1 N–H and O–H groups in total. The number of likely N-dealkylation sites (tertiary alicyclic amines) is 2. The van der Waals surface area contributed by atoms with Crippen LogP contribution in [0.5, 0.6) is 11.5 Å². The fraction of sp³-hybridized carbons (Fsp3) is 0.532. The van der Waals surface area contributed by atoms with Gasteiger partial charge in [-0.1, -0.05) is 30.3 Å². The second kappa shape index (κ2) is 18.9. The van der Waals surface area contributed by atoms with Crippen molar-refractivity contribution in [1.29, 1.82) is 0 Å². The number of piperidine rings is 3. The lowest BCUT2D eigenvalue weighted by Crippen LogP contribution is -2.53. The van der Waals surface area contributed by atoms with Gasteiger partial charge in [0, 0.05) is 63.7 Å². The number of fused-ring (bicyclic) bond motifs is 1. The lowest BCUT2D eigenvalue weighted by Gasteiger charge is -2.43. The number of ether oxygens (including phenoxy) is 2. The quantitative estimate of drug-likeness (QED) is 0.228. The molecule has 15 heteroatoms. The number of sulfone groups is 1. The lowest BCUT2D eigenvalue weighted by molar-refractivity contribution is -0.134. The van der Waals surface area contributed by atoms with Gasteiger partial charge in [-0.05, 0) is 118 Å². The number of hydrogen-bond donors (Lipinski definition) is 1. The molecule has 2 atom stereocenters. The largest absolute Gasteiger partial charge is 0.493 e. The van der Waals surface area contributed by atoms with Crippen molar-refractivity contribution < 1.29 is 37.1 Å². The fourth-order valence-corrected chi connectivity index (χ4v) is 11.1. The van der Waals surface area contributed by atoms with Gasteiger partial charge in [0.2, 0.25) is 11.8 Å². The van der Waals surface area contributed by atoms with Gasteiger partial charge in [0.25, 0.3) is 11.8 Å². The van der Waals surface area contributed by atoms with Crippen molar-refractivity contribution in [2.24, 2.45) is 0 Å². The average molecular weight is 869 g/mol. The van der Waals surface area contributed by atoms with Crippen molar-refractivity contribution in [3.63, 3.8) is 0 Å². The Kier molecular flexibility index (Phi) is 13.3. The van der Waals surface area contributed by atoms with E-state index in [0.29, 0.717) is 54.0 Å². The molecule has 0 aliphatic carbocycles. The molecular weight excluding hydrogens is 809 g/mol. The Morgan fingerprint density at radius 1 is 0.726 bits per heavy atom. The van der Waals surface area contributed by atoms with E-state index >= 15 is 0 Å². The predicted octanol–water partition coefficient (Wildman–Crippen LogP) is 4.46. The molecule has 332 valence electrons. The van der Waals surface area contributed by atoms with E-state index < -0.39 is 33.4 Å². The van der Waals surface area contributed by atoms with Gasteiger partial charge in [-0.25, -0.2) is 8.42 Å². The summed E-state index contributed by atoms with van der Waals surface area (Å²) in [4.78, 5) is 62.9. The molecule has 0 saturated carbocycles. The number of benzene rings is 3. The van der Waals surface area contributed by atoms with Gasteiger partial charge >= 0.3 is 0 Å². The smallest absolute Gasteiger partial charge is 0.262 e. The molecule has 4 saturated heterocycles. The van der Waals surface area contributed by atoms with Crippen molar-refractivity contribution in [3.8, 4) is 11.5 Å². The number of nitrogens with one attached hydrogen (secondary N) is 1. The Balaban J connectivity index is 0.792. The molecule has 0 spiro atoms. The molecular formula is C47H60N6O8S. The van der Waals surface area contributed by atoms with Gasteiger partial charge in [0.1, 0.15) is 9.84 Å². The van der Waals surface area contributed by atoms with Crippen LogP contribution in [0.15, 0.2) is 60.7 Å². The molecule has 3 aromatic carbocycles. The summed E-state index contributed by atoms with van der Waals surface area (Å²) in [5, 5.41) is 2.47. The van der Waals surface area contributed by atoms with Crippen molar-refractivity contribution in [2.75, 3.05) is 96.1 Å². The Morgan fingerprint density at radius 3 is 2.00 bits per heavy atom. The zero-order valence-corrected chi connectivity index (χ0v) is 37.0. The van der Waals surface area contributed by atoms with Gasteiger partial charge in [-0.15, -0.1) is 0 Å². The molecule has 1 unspecified atom stereocenters. The summed E-state index contributed by atoms with van der Waals surface area (Å²) >= 11 is 0. The van der Waals surface area contributed by atoms with Crippen LogP contribution in [-0.4, -0.2) is 149 Å². The predicted molar refractivity (Wildman–Crippen MR) is 237 cm³/mol. The SMILES string of the molecule is CCOc1cc([C@@H](CS(C)(=O)=O)N2C(=O)c3ccc(N4CCN(C5CCN(CCN6CCC(c7ccc(C8CCC(=O)NC8=O)cc7)CC6)CC5)CC4)cc3C2=O)ccc1OC. The first-order chi connectivity index (χ1) is 29.9. The van der Waals surface area contributed by atoms with Crippen LogP contribution >= 0.6 is 0 Å². The molecule has 5 heterocycles. The van der Waals surface area contributed by atoms with Crippen LogP contribution in [0.3, 0.4) is 0 Å². The molecule has 8 rings (SSSR count). The van der Waals surface area contributed by atoms with E-state index in [2.05, 4.69) is 49.2 Å². The number of methoxy groups -OCH3 is 1. The third-order valence-electron chi connectivity index (χ3n) is 13.7. The maximum Gasteiger partial charge on any atom is 0.262 e. The molecule has 3 aromatic rings. The summed E-state index contributed by atoms with van der Waals surface area (Å²) in [6.45, 7) is 12.2. The number of imide groups is 2. The minimum Gasteiger partial charge on any atom is -0.493 e. The van der Waals surface area contributed by atoms with Crippen molar-refractivity contribution in [1.82, 2.24) is 24.9 Å². The van der Waals surface area contributed by atoms with E-state index in [9.17, 15) is 27.6 Å². The molecule has 0 aromatic heterocycles. The standard InChI is InChI=1S/C47H60N6O8S/c1-4-61-43-29-35(9-13-42(43)60-2)41(31-62(3,58)59)53-46(56)39-11-10-37(30-40(39)47(53)57)52-27-25-51(26-28-52)36-17-21-50(22-18-36)24-23-49-19-15-33(16-20-49)32-5-7-34(8-6-32)38-12-14-44(54)48-45(38)55/h5-11,13,29-30,33,36,38,41H,4,12,14-28,31H2,1-3H3,(H,48,54,55)/t38?,41-/m1/s1. The van der Waals surface area contributed by atoms with Crippen molar-refractivity contribution in [3.05, 3.63) is 88.5 Å². The molecule has 4 amide bonds. The van der Waals surface area contributed by atoms with E-state index in [1.165, 1.54) is 12.7 Å². The number of amides is 4. The summed E-state index contributed by atoms with van der Waals surface area (Å²) in [5.74, 6) is -0.607. The van der Waals surface area contributed by atoms with Gasteiger partial charge < -0.3 is 24.2 Å². The fourth-order valence-electron chi connectivity index (χ4n) is 10.1. The van der Waals surface area contributed by atoms with Crippen molar-refractivity contribution >= 4 is 39.2 Å². The third-order valence-corrected chi connectivity index (χ3v) is 14.6. The molecule has 5 aliphatic rings. The van der Waals surface area contributed by atoms with Crippen LogP contribution in [0.2, 0.25) is 0 Å². The summed E-state index contributed by atoms with van der Waals surface area (Å²) in [6, 6.07) is 18.4. The number of rotatable bonds is 14. The molecule has 0 bridgehead atoms. The Morgan fingerprint density at radius 2 is 1.37 bits per heavy atom. The zero-order valence-electron chi connectivity index (χ0n) is 36.2. The summed E-state index contributed by atoms with van der Waals surface area (Å²) < 4.78 is 36.5. The van der Waals surface area contributed by atoms with Gasteiger partial charge in [0.05, 0.1) is 42.6 Å². The summed E-state index contributed by atoms with van der Waals surface area (Å²) in [7, 11) is -2.08. The Bertz CT molecular complexity index is 2250. The first-order valence-corrected chi connectivity index (χ1v) is 24.3. The zero-order chi connectivity index (χ0) is 43.5. The highest BCUT2D eigenvalue weighted by Crippen LogP contribution is 2.38. The minimum atomic E-state index is -3.60. The van der Waals surface area contributed by atoms with Crippen LogP contribution in [0.4, 0.5) is 5.69 Å². The van der Waals surface area contributed by atoms with Gasteiger partial charge in [-0.3, -0.25) is 34.3 Å². The number of carbonyl (C=O) groups is 4. The van der Waals surface area contributed by atoms with E-state index in [4.69, 9.17) is 9.47 Å². The second-order valence-electron chi connectivity index (χ2n) is 17.5. The highest BCUT2D eigenvalue weighted by Gasteiger charge is 2.43. The molecule has 0 radical (unpaired) electrons.